The van der Waals surface area contributed by atoms with Crippen LogP contribution in [-0.4, -0.2) is 38.5 Å². The van der Waals surface area contributed by atoms with Crippen molar-refractivity contribution in [1.29, 1.82) is 0 Å². The summed E-state index contributed by atoms with van der Waals surface area (Å²) in [5, 5.41) is 8.97. The fraction of sp³-hybridized carbons (Fsp3) is 0.300. The van der Waals surface area contributed by atoms with E-state index in [0.717, 1.165) is 5.56 Å². The lowest BCUT2D eigenvalue weighted by Crippen LogP contribution is -2.42. The predicted octanol–water partition coefficient (Wildman–Crippen LogP) is 2.65. The van der Waals surface area contributed by atoms with Crippen molar-refractivity contribution in [2.24, 2.45) is 4.99 Å². The second-order valence-corrected chi connectivity index (χ2v) is 5.92. The summed E-state index contributed by atoms with van der Waals surface area (Å²) in [4.78, 5) is 15.9. The number of carbonyl (C=O) groups is 1. The van der Waals surface area contributed by atoms with E-state index in [1.165, 1.54) is 18.2 Å². The maximum atomic E-state index is 13.6. The predicted molar refractivity (Wildman–Crippen MR) is 118 cm³/mol. The molecule has 0 heterocycles. The minimum Gasteiger partial charge on any atom is -0.356 e. The number of hydrogen-bond donors (Lipinski definition) is 3. The summed E-state index contributed by atoms with van der Waals surface area (Å²) in [5.41, 5.74) is 1.40. The number of carbonyl (C=O) groups excluding carboxylic acids is 1. The second kappa shape index (κ2) is 13.0. The number of rotatable bonds is 8. The topological polar surface area (TPSA) is 65.5 Å². The lowest BCUT2D eigenvalue weighted by Gasteiger charge is -2.12. The summed E-state index contributed by atoms with van der Waals surface area (Å²) < 4.78 is 26.4. The van der Waals surface area contributed by atoms with Gasteiger partial charge in [0.25, 0.3) is 0 Å². The quantitative estimate of drug-likeness (QED) is 0.225. The van der Waals surface area contributed by atoms with Crippen molar-refractivity contribution in [2.45, 2.75) is 12.8 Å². The molecule has 3 N–H and O–H groups in total. The summed E-state index contributed by atoms with van der Waals surface area (Å²) >= 11 is 0. The van der Waals surface area contributed by atoms with Crippen molar-refractivity contribution in [1.82, 2.24) is 16.0 Å². The van der Waals surface area contributed by atoms with Gasteiger partial charge in [-0.2, -0.15) is 0 Å². The summed E-state index contributed by atoms with van der Waals surface area (Å²) in [5.74, 6) is -0.0895. The molecular formula is C20H25F2IN4O. The van der Waals surface area contributed by atoms with E-state index in [9.17, 15) is 13.6 Å². The average Bonchev–Trinajstić information content (AvgIpc) is 2.67. The standard InChI is InChI=1S/C20H24F2N4O.HI/c1-23-20(25-11-10-16-4-2-3-5-18(16)22)26-13-12-24-19(27)14-15-6-8-17(21)9-7-15;/h2-9H,10-14H2,1H3,(H,24,27)(H2,23,25,26);1H. The molecule has 0 aromatic heterocycles. The highest BCUT2D eigenvalue weighted by Crippen LogP contribution is 2.06. The Morgan fingerprint density at radius 3 is 2.25 bits per heavy atom. The highest BCUT2D eigenvalue weighted by Gasteiger charge is 2.04. The molecule has 1 amide bonds. The first-order chi connectivity index (χ1) is 13.1. The molecular weight excluding hydrogens is 477 g/mol. The van der Waals surface area contributed by atoms with Crippen LogP contribution in [0, 0.1) is 11.6 Å². The number of aliphatic imine (C=N–C) groups is 1. The fourth-order valence-electron chi connectivity index (χ4n) is 2.47. The van der Waals surface area contributed by atoms with Gasteiger partial charge in [0.2, 0.25) is 5.91 Å². The number of halogens is 3. The summed E-state index contributed by atoms with van der Waals surface area (Å²) in [7, 11) is 1.64. The Labute approximate surface area is 181 Å². The minimum absolute atomic E-state index is 0. The number of amides is 1. The van der Waals surface area contributed by atoms with E-state index < -0.39 is 0 Å². The van der Waals surface area contributed by atoms with Gasteiger partial charge in [-0.3, -0.25) is 9.79 Å². The van der Waals surface area contributed by atoms with Crippen LogP contribution in [0.4, 0.5) is 8.78 Å². The molecule has 0 fully saturated rings. The second-order valence-electron chi connectivity index (χ2n) is 5.92. The monoisotopic (exact) mass is 502 g/mol. The van der Waals surface area contributed by atoms with Crippen molar-refractivity contribution >= 4 is 35.8 Å². The van der Waals surface area contributed by atoms with E-state index in [0.29, 0.717) is 37.6 Å². The zero-order valence-corrected chi connectivity index (χ0v) is 18.0. The number of benzene rings is 2. The van der Waals surface area contributed by atoms with Crippen molar-refractivity contribution in [2.75, 3.05) is 26.7 Å². The van der Waals surface area contributed by atoms with Crippen molar-refractivity contribution < 1.29 is 13.6 Å². The number of guanidine groups is 1. The van der Waals surface area contributed by atoms with Crippen LogP contribution >= 0.6 is 24.0 Å². The van der Waals surface area contributed by atoms with E-state index in [2.05, 4.69) is 20.9 Å². The molecule has 28 heavy (non-hydrogen) atoms. The third-order valence-electron chi connectivity index (χ3n) is 3.89. The molecule has 0 saturated carbocycles. The third kappa shape index (κ3) is 8.64. The normalized spacial score (nSPS) is 10.8. The summed E-state index contributed by atoms with van der Waals surface area (Å²) in [6, 6.07) is 12.5. The highest BCUT2D eigenvalue weighted by molar-refractivity contribution is 14.0. The summed E-state index contributed by atoms with van der Waals surface area (Å²) in [6.07, 6.45) is 0.748. The fourth-order valence-corrected chi connectivity index (χ4v) is 2.47. The highest BCUT2D eigenvalue weighted by atomic mass is 127. The van der Waals surface area contributed by atoms with Crippen LogP contribution in [0.15, 0.2) is 53.5 Å². The van der Waals surface area contributed by atoms with Crippen molar-refractivity contribution in [3.05, 3.63) is 71.3 Å². The van der Waals surface area contributed by atoms with Crippen LogP contribution in [0.5, 0.6) is 0 Å². The van der Waals surface area contributed by atoms with Gasteiger partial charge < -0.3 is 16.0 Å². The lowest BCUT2D eigenvalue weighted by molar-refractivity contribution is -0.120. The molecule has 0 unspecified atom stereocenters. The van der Waals surface area contributed by atoms with E-state index >= 15 is 0 Å². The van der Waals surface area contributed by atoms with Crippen LogP contribution in [0.3, 0.4) is 0 Å². The van der Waals surface area contributed by atoms with E-state index in [1.807, 2.05) is 0 Å². The third-order valence-corrected chi connectivity index (χ3v) is 3.89. The van der Waals surface area contributed by atoms with Gasteiger partial charge in [-0.15, -0.1) is 24.0 Å². The first-order valence-corrected chi connectivity index (χ1v) is 8.77. The molecule has 0 aliphatic heterocycles. The first-order valence-electron chi connectivity index (χ1n) is 8.77. The van der Waals surface area contributed by atoms with Crippen LogP contribution < -0.4 is 16.0 Å². The van der Waals surface area contributed by atoms with Gasteiger partial charge in [0.1, 0.15) is 11.6 Å². The molecule has 2 rings (SSSR count). The molecule has 152 valence electrons. The zero-order chi connectivity index (χ0) is 19.5. The largest absolute Gasteiger partial charge is 0.356 e. The molecule has 2 aromatic rings. The van der Waals surface area contributed by atoms with Gasteiger partial charge in [0.15, 0.2) is 5.96 Å². The molecule has 0 bridgehead atoms. The Bertz CT molecular complexity index is 769. The van der Waals surface area contributed by atoms with Crippen molar-refractivity contribution in [3.8, 4) is 0 Å². The molecule has 5 nitrogen and oxygen atoms in total. The Kier molecular flexibility index (Phi) is 11.1. The van der Waals surface area contributed by atoms with E-state index in [4.69, 9.17) is 0 Å². The molecule has 0 atom stereocenters. The number of nitrogens with one attached hydrogen (secondary N) is 3. The van der Waals surface area contributed by atoms with Gasteiger partial charge in [0.05, 0.1) is 6.42 Å². The maximum Gasteiger partial charge on any atom is 0.224 e. The molecule has 2 aromatic carbocycles. The molecule has 0 saturated heterocycles. The van der Waals surface area contributed by atoms with Crippen molar-refractivity contribution in [3.63, 3.8) is 0 Å². The van der Waals surface area contributed by atoms with Gasteiger partial charge in [0, 0.05) is 26.7 Å². The Hall–Kier alpha value is -2.23. The summed E-state index contributed by atoms with van der Waals surface area (Å²) in [6.45, 7) is 1.46. The number of hydrogen-bond acceptors (Lipinski definition) is 2. The Morgan fingerprint density at radius 2 is 1.57 bits per heavy atom. The SMILES string of the molecule is CN=C(NCCNC(=O)Cc1ccc(F)cc1)NCCc1ccccc1F.I. The molecule has 0 aliphatic carbocycles. The Morgan fingerprint density at radius 1 is 0.929 bits per heavy atom. The smallest absolute Gasteiger partial charge is 0.224 e. The molecule has 0 radical (unpaired) electrons. The molecule has 0 spiro atoms. The van der Waals surface area contributed by atoms with Crippen LogP contribution in [0.2, 0.25) is 0 Å². The van der Waals surface area contributed by atoms with Gasteiger partial charge >= 0.3 is 0 Å². The van der Waals surface area contributed by atoms with E-state index in [1.54, 1.807) is 37.4 Å². The number of nitrogens with zero attached hydrogens (tertiary/aromatic N) is 1. The molecule has 8 heteroatoms. The van der Waals surface area contributed by atoms with Crippen LogP contribution in [0.25, 0.3) is 0 Å². The Balaban J connectivity index is 0.00000392. The minimum atomic E-state index is -0.322. The maximum absolute atomic E-state index is 13.6. The molecule has 0 aliphatic rings. The van der Waals surface area contributed by atoms with Crippen LogP contribution in [-0.2, 0) is 17.6 Å². The van der Waals surface area contributed by atoms with Gasteiger partial charge in [-0.1, -0.05) is 30.3 Å². The van der Waals surface area contributed by atoms with E-state index in [-0.39, 0.29) is 47.9 Å². The average molecular weight is 502 g/mol. The van der Waals surface area contributed by atoms with Crippen LogP contribution in [0.1, 0.15) is 11.1 Å². The first kappa shape index (κ1) is 23.8. The lowest BCUT2D eigenvalue weighted by atomic mass is 10.1. The van der Waals surface area contributed by atoms with Gasteiger partial charge in [-0.25, -0.2) is 8.78 Å². The van der Waals surface area contributed by atoms with Gasteiger partial charge in [-0.05, 0) is 35.7 Å². The zero-order valence-electron chi connectivity index (χ0n) is 15.7.